The lowest BCUT2D eigenvalue weighted by atomic mass is 9.85. The van der Waals surface area contributed by atoms with Crippen molar-refractivity contribution in [3.63, 3.8) is 0 Å². The van der Waals surface area contributed by atoms with Gasteiger partial charge in [-0.05, 0) is 89.9 Å². The number of carbonyl (C=O) groups is 3. The van der Waals surface area contributed by atoms with Crippen LogP contribution in [0.25, 0.3) is 0 Å². The molecule has 0 saturated heterocycles. The summed E-state index contributed by atoms with van der Waals surface area (Å²) in [5, 5.41) is 9.39. The van der Waals surface area contributed by atoms with Gasteiger partial charge in [0.1, 0.15) is 17.2 Å². The molecule has 2 saturated carbocycles. The summed E-state index contributed by atoms with van der Waals surface area (Å²) < 4.78 is 5.10. The van der Waals surface area contributed by atoms with Crippen molar-refractivity contribution in [1.29, 1.82) is 0 Å². The molecule has 4 unspecified atom stereocenters. The Hall–Kier alpha value is -1.23. The Bertz CT molecular complexity index is 624. The monoisotopic (exact) mass is 450 g/mol. The van der Waals surface area contributed by atoms with Gasteiger partial charge in [-0.1, -0.05) is 26.7 Å². The SMILES string of the molecule is CC(C)(CO)CCCC1CCC(CCCC2CCC(CCCC(C)(C)OC=O)C2=O)C1=O. The summed E-state index contributed by atoms with van der Waals surface area (Å²) in [5.74, 6) is 1.60. The van der Waals surface area contributed by atoms with E-state index in [0.29, 0.717) is 18.0 Å². The van der Waals surface area contributed by atoms with Gasteiger partial charge in [0.05, 0.1) is 0 Å². The van der Waals surface area contributed by atoms with E-state index in [1.807, 2.05) is 13.8 Å². The number of hydrogen-bond acceptors (Lipinski definition) is 5. The van der Waals surface area contributed by atoms with Crippen LogP contribution in [0, 0.1) is 29.1 Å². The van der Waals surface area contributed by atoms with Crippen LogP contribution in [0.4, 0.5) is 0 Å². The molecule has 2 fully saturated rings. The molecule has 0 aliphatic heterocycles. The van der Waals surface area contributed by atoms with Crippen LogP contribution in [0.5, 0.6) is 0 Å². The third-order valence-electron chi connectivity index (χ3n) is 7.97. The molecule has 2 aliphatic carbocycles. The normalized spacial score (nSPS) is 26.7. The van der Waals surface area contributed by atoms with Crippen LogP contribution in [0.15, 0.2) is 0 Å². The first kappa shape index (κ1) is 27.0. The van der Waals surface area contributed by atoms with Crippen molar-refractivity contribution in [2.45, 2.75) is 117 Å². The smallest absolute Gasteiger partial charge is 0.293 e. The molecular formula is C27H46O5. The van der Waals surface area contributed by atoms with Crippen LogP contribution >= 0.6 is 0 Å². The molecule has 0 heterocycles. The van der Waals surface area contributed by atoms with Crippen molar-refractivity contribution in [3.05, 3.63) is 0 Å². The molecule has 5 heteroatoms. The first-order valence-electron chi connectivity index (χ1n) is 12.9. The van der Waals surface area contributed by atoms with Crippen LogP contribution in [-0.2, 0) is 19.1 Å². The highest BCUT2D eigenvalue weighted by molar-refractivity contribution is 5.86. The standard InChI is InChI=1S/C27H46O5/c1-26(2,18-28)16-6-10-22-14-12-20(24(22)30)8-5-9-21-13-15-23(25(21)31)11-7-17-27(3,4)32-19-29/h19-23,28H,5-18H2,1-4H3. The molecule has 184 valence electrons. The van der Waals surface area contributed by atoms with E-state index in [-0.39, 0.29) is 35.7 Å². The maximum absolute atomic E-state index is 12.8. The van der Waals surface area contributed by atoms with E-state index < -0.39 is 5.60 Å². The Kier molecular flexibility index (Phi) is 10.4. The zero-order chi connectivity index (χ0) is 23.8. The number of carbonyl (C=O) groups excluding carboxylic acids is 3. The fourth-order valence-electron chi connectivity index (χ4n) is 5.67. The Balaban J connectivity index is 1.64. The molecule has 0 radical (unpaired) electrons. The van der Waals surface area contributed by atoms with Crippen LogP contribution in [0.2, 0.25) is 0 Å². The van der Waals surface area contributed by atoms with E-state index in [1.54, 1.807) is 0 Å². The quantitative estimate of drug-likeness (QED) is 0.326. The van der Waals surface area contributed by atoms with Gasteiger partial charge >= 0.3 is 0 Å². The van der Waals surface area contributed by atoms with Gasteiger partial charge in [0, 0.05) is 30.3 Å². The van der Waals surface area contributed by atoms with Crippen LogP contribution < -0.4 is 0 Å². The van der Waals surface area contributed by atoms with Gasteiger partial charge in [0.2, 0.25) is 0 Å². The molecule has 32 heavy (non-hydrogen) atoms. The zero-order valence-corrected chi connectivity index (χ0v) is 20.9. The third-order valence-corrected chi connectivity index (χ3v) is 7.97. The summed E-state index contributed by atoms with van der Waals surface area (Å²) in [4.78, 5) is 36.1. The molecule has 0 bridgehead atoms. The Labute approximate surface area is 195 Å². The van der Waals surface area contributed by atoms with E-state index in [0.717, 1.165) is 83.5 Å². The van der Waals surface area contributed by atoms with Crippen molar-refractivity contribution in [3.8, 4) is 0 Å². The number of rotatable bonds is 15. The van der Waals surface area contributed by atoms with Gasteiger partial charge in [-0.3, -0.25) is 14.4 Å². The van der Waals surface area contributed by atoms with Crippen molar-refractivity contribution in [1.82, 2.24) is 0 Å². The van der Waals surface area contributed by atoms with Gasteiger partial charge in [0.15, 0.2) is 0 Å². The number of aliphatic hydroxyl groups excluding tert-OH is 1. The van der Waals surface area contributed by atoms with Crippen molar-refractivity contribution in [2.24, 2.45) is 29.1 Å². The van der Waals surface area contributed by atoms with Gasteiger partial charge in [-0.15, -0.1) is 0 Å². The lowest BCUT2D eigenvalue weighted by molar-refractivity contribution is -0.141. The number of aliphatic hydroxyl groups is 1. The summed E-state index contributed by atoms with van der Waals surface area (Å²) >= 11 is 0. The minimum atomic E-state index is -0.455. The van der Waals surface area contributed by atoms with Crippen molar-refractivity contribution >= 4 is 18.0 Å². The zero-order valence-electron chi connectivity index (χ0n) is 20.9. The second-order valence-electron chi connectivity index (χ2n) is 11.8. The highest BCUT2D eigenvalue weighted by Crippen LogP contribution is 2.38. The van der Waals surface area contributed by atoms with Crippen molar-refractivity contribution < 1.29 is 24.2 Å². The minimum absolute atomic E-state index is 0.0494. The van der Waals surface area contributed by atoms with E-state index in [4.69, 9.17) is 4.74 Å². The molecule has 5 nitrogen and oxygen atoms in total. The van der Waals surface area contributed by atoms with Gasteiger partial charge in [-0.2, -0.15) is 0 Å². The number of Topliss-reactive ketones (excluding diaryl/α,β-unsaturated/α-hetero) is 2. The predicted molar refractivity (Wildman–Crippen MR) is 126 cm³/mol. The molecule has 0 amide bonds. The fourth-order valence-corrected chi connectivity index (χ4v) is 5.67. The number of ketones is 2. The van der Waals surface area contributed by atoms with Crippen molar-refractivity contribution in [2.75, 3.05) is 6.61 Å². The molecule has 1 N–H and O–H groups in total. The second-order valence-corrected chi connectivity index (χ2v) is 11.8. The first-order chi connectivity index (χ1) is 15.1. The average molecular weight is 451 g/mol. The van der Waals surface area contributed by atoms with Crippen LogP contribution in [0.1, 0.15) is 111 Å². The summed E-state index contributed by atoms with van der Waals surface area (Å²) in [6.07, 6.45) is 12.3. The van der Waals surface area contributed by atoms with Gasteiger partial charge < -0.3 is 9.84 Å². The lowest BCUT2D eigenvalue weighted by Gasteiger charge is -2.23. The molecule has 0 aromatic heterocycles. The highest BCUT2D eigenvalue weighted by atomic mass is 16.5. The average Bonchev–Trinajstić information content (AvgIpc) is 3.25. The van der Waals surface area contributed by atoms with Gasteiger partial charge in [0.25, 0.3) is 6.47 Å². The van der Waals surface area contributed by atoms with E-state index in [1.165, 1.54) is 0 Å². The Morgan fingerprint density at radius 1 is 0.781 bits per heavy atom. The second kappa shape index (κ2) is 12.3. The van der Waals surface area contributed by atoms with E-state index in [2.05, 4.69) is 13.8 Å². The molecule has 0 aromatic rings. The molecule has 4 atom stereocenters. The summed E-state index contributed by atoms with van der Waals surface area (Å²) in [5.41, 5.74) is -0.504. The maximum atomic E-state index is 12.8. The van der Waals surface area contributed by atoms with E-state index >= 15 is 0 Å². The molecule has 2 aliphatic rings. The van der Waals surface area contributed by atoms with Crippen LogP contribution in [-0.4, -0.2) is 35.4 Å². The maximum Gasteiger partial charge on any atom is 0.293 e. The third kappa shape index (κ3) is 8.28. The molecule has 0 spiro atoms. The molecular weight excluding hydrogens is 404 g/mol. The van der Waals surface area contributed by atoms with Crippen LogP contribution in [0.3, 0.4) is 0 Å². The summed E-state index contributed by atoms with van der Waals surface area (Å²) in [6.45, 7) is 8.67. The highest BCUT2D eigenvalue weighted by Gasteiger charge is 2.36. The lowest BCUT2D eigenvalue weighted by Crippen LogP contribution is -2.24. The summed E-state index contributed by atoms with van der Waals surface area (Å²) in [7, 11) is 0. The largest absolute Gasteiger partial charge is 0.462 e. The minimum Gasteiger partial charge on any atom is -0.462 e. The Morgan fingerprint density at radius 3 is 1.59 bits per heavy atom. The number of ether oxygens (including phenoxy) is 1. The summed E-state index contributed by atoms with van der Waals surface area (Å²) in [6, 6.07) is 0. The van der Waals surface area contributed by atoms with Gasteiger partial charge in [-0.25, -0.2) is 0 Å². The predicted octanol–water partition coefficient (Wildman–Crippen LogP) is 5.66. The Morgan fingerprint density at radius 2 is 1.19 bits per heavy atom. The molecule has 2 rings (SSSR count). The number of hydrogen-bond donors (Lipinski definition) is 1. The first-order valence-corrected chi connectivity index (χ1v) is 12.9. The van der Waals surface area contributed by atoms with E-state index in [9.17, 15) is 19.5 Å². The fraction of sp³-hybridized carbons (Fsp3) is 0.889. The topological polar surface area (TPSA) is 80.7 Å². The molecule has 0 aromatic carbocycles.